The zero-order chi connectivity index (χ0) is 18.2. The number of rotatable bonds is 7. The Morgan fingerprint density at radius 2 is 1.28 bits per heavy atom. The first-order valence-electron chi connectivity index (χ1n) is 7.02. The van der Waals surface area contributed by atoms with Crippen molar-refractivity contribution in [1.82, 2.24) is 0 Å². The molecule has 2 rings (SSSR count). The third kappa shape index (κ3) is 5.33. The van der Waals surface area contributed by atoms with Crippen molar-refractivity contribution < 1.29 is 9.85 Å². The zero-order valence-corrected chi connectivity index (χ0v) is 13.5. The van der Waals surface area contributed by atoms with Crippen molar-refractivity contribution in [3.63, 3.8) is 0 Å². The van der Waals surface area contributed by atoms with Crippen LogP contribution in [0.2, 0.25) is 0 Å². The minimum atomic E-state index is -0.909. The molecule has 128 valence electrons. The second-order valence-electron chi connectivity index (χ2n) is 4.72. The topological polar surface area (TPSA) is 110 Å². The molecule has 0 heterocycles. The van der Waals surface area contributed by atoms with Crippen LogP contribution in [0.25, 0.3) is 0 Å². The molecule has 2 aromatic rings. The molecule has 2 N–H and O–H groups in total. The first-order valence-corrected chi connectivity index (χ1v) is 7.39. The highest BCUT2D eigenvalue weighted by atomic mass is 35.5. The second kappa shape index (κ2) is 8.46. The van der Waals surface area contributed by atoms with Crippen molar-refractivity contribution in [1.29, 1.82) is 0 Å². The number of anilines is 2. The smallest absolute Gasteiger partial charge is 0.336 e. The van der Waals surface area contributed by atoms with Crippen molar-refractivity contribution in [3.8, 4) is 0 Å². The molecule has 0 spiro atoms. The lowest BCUT2D eigenvalue weighted by atomic mass is 10.3. The van der Waals surface area contributed by atoms with Gasteiger partial charge in [0.25, 0.3) is 0 Å². The van der Waals surface area contributed by atoms with Gasteiger partial charge in [0.1, 0.15) is 6.08 Å². The molecule has 0 fully saturated rings. The molecular weight excluding hydrogens is 348 g/mol. The van der Waals surface area contributed by atoms with Gasteiger partial charge in [0, 0.05) is 11.4 Å². The summed E-state index contributed by atoms with van der Waals surface area (Å²) in [5.74, 6) is -0.0533. The number of hydrogen-bond acceptors (Lipinski definition) is 6. The first kappa shape index (κ1) is 18.0. The summed E-state index contributed by atoms with van der Waals surface area (Å²) in [6.45, 7) is 0. The van der Waals surface area contributed by atoms with E-state index in [1.54, 1.807) is 60.7 Å². The molecule has 2 aromatic carbocycles. The molecule has 0 radical (unpaired) electrons. The van der Waals surface area contributed by atoms with Gasteiger partial charge < -0.3 is 10.6 Å². The van der Waals surface area contributed by atoms with Crippen LogP contribution in [0.15, 0.2) is 83.4 Å². The van der Waals surface area contributed by atoms with Crippen molar-refractivity contribution in [3.05, 3.63) is 104 Å². The van der Waals surface area contributed by atoms with Crippen LogP contribution in [0.3, 0.4) is 0 Å². The fourth-order valence-corrected chi connectivity index (χ4v) is 1.98. The molecule has 25 heavy (non-hydrogen) atoms. The van der Waals surface area contributed by atoms with E-state index in [0.717, 1.165) is 0 Å². The van der Waals surface area contributed by atoms with E-state index in [-0.39, 0.29) is 5.82 Å². The summed E-state index contributed by atoms with van der Waals surface area (Å²) in [7, 11) is 0. The SMILES string of the molecule is O=[N+]([O-])C(Cl)=CC(=C(Nc1ccccc1)Nc1ccccc1)[N+](=O)[O-]. The Morgan fingerprint density at radius 1 is 0.840 bits per heavy atom. The highest BCUT2D eigenvalue weighted by Gasteiger charge is 2.22. The minimum absolute atomic E-state index is 0.0533. The van der Waals surface area contributed by atoms with Gasteiger partial charge in [-0.25, -0.2) is 0 Å². The lowest BCUT2D eigenvalue weighted by molar-refractivity contribution is -0.428. The van der Waals surface area contributed by atoms with E-state index in [0.29, 0.717) is 17.5 Å². The number of halogens is 1. The molecule has 8 nitrogen and oxygen atoms in total. The lowest BCUT2D eigenvalue weighted by Gasteiger charge is -2.13. The van der Waals surface area contributed by atoms with Crippen molar-refractivity contribution in [2.75, 3.05) is 10.6 Å². The van der Waals surface area contributed by atoms with E-state index in [4.69, 9.17) is 11.6 Å². The molecule has 0 unspecified atom stereocenters. The second-order valence-corrected chi connectivity index (χ2v) is 5.11. The zero-order valence-electron chi connectivity index (χ0n) is 12.8. The van der Waals surface area contributed by atoms with Gasteiger partial charge in [0.15, 0.2) is 5.82 Å². The maximum atomic E-state index is 11.4. The predicted octanol–water partition coefficient (Wildman–Crippen LogP) is 4.01. The molecule has 0 bridgehead atoms. The molecule has 0 saturated carbocycles. The Bertz CT molecular complexity index is 779. The van der Waals surface area contributed by atoms with E-state index < -0.39 is 20.7 Å². The Hall–Kier alpha value is -3.39. The average molecular weight is 361 g/mol. The van der Waals surface area contributed by atoms with Gasteiger partial charge in [-0.2, -0.15) is 0 Å². The van der Waals surface area contributed by atoms with Crippen LogP contribution in [-0.2, 0) is 0 Å². The Labute approximate surface area is 147 Å². The fraction of sp³-hybridized carbons (Fsp3) is 0. The fourth-order valence-electron chi connectivity index (χ4n) is 1.87. The normalized spacial score (nSPS) is 10.7. The average Bonchev–Trinajstić information content (AvgIpc) is 2.60. The molecule has 0 aliphatic heterocycles. The van der Waals surface area contributed by atoms with Crippen LogP contribution < -0.4 is 10.6 Å². The van der Waals surface area contributed by atoms with Gasteiger partial charge in [0.05, 0.1) is 9.85 Å². The van der Waals surface area contributed by atoms with Crippen molar-refractivity contribution in [2.24, 2.45) is 0 Å². The first-order chi connectivity index (χ1) is 12.0. The molecule has 0 amide bonds. The number of benzene rings is 2. The van der Waals surface area contributed by atoms with Gasteiger partial charge in [0.2, 0.25) is 0 Å². The summed E-state index contributed by atoms with van der Waals surface area (Å²) in [5.41, 5.74) is 0.547. The van der Waals surface area contributed by atoms with Gasteiger partial charge in [-0.3, -0.25) is 20.2 Å². The summed E-state index contributed by atoms with van der Waals surface area (Å²) in [5, 5.41) is 27.0. The summed E-state index contributed by atoms with van der Waals surface area (Å²) in [6, 6.07) is 17.3. The quantitative estimate of drug-likeness (QED) is 0.334. The van der Waals surface area contributed by atoms with Gasteiger partial charge in [-0.1, -0.05) is 36.4 Å². The Morgan fingerprint density at radius 3 is 1.64 bits per heavy atom. The predicted molar refractivity (Wildman–Crippen MR) is 95.1 cm³/mol. The van der Waals surface area contributed by atoms with Crippen molar-refractivity contribution >= 4 is 23.0 Å². The molecule has 0 atom stereocenters. The number of nitrogens with one attached hydrogen (secondary N) is 2. The van der Waals surface area contributed by atoms with Crippen LogP contribution in [-0.4, -0.2) is 9.85 Å². The summed E-state index contributed by atoms with van der Waals surface area (Å²) in [6.07, 6.45) is 0.683. The number of para-hydroxylation sites is 2. The molecule has 0 aliphatic rings. The summed E-state index contributed by atoms with van der Waals surface area (Å²) >= 11 is 5.47. The largest absolute Gasteiger partial charge is 0.344 e. The van der Waals surface area contributed by atoms with E-state index in [9.17, 15) is 20.2 Å². The summed E-state index contributed by atoms with van der Waals surface area (Å²) < 4.78 is 0. The van der Waals surface area contributed by atoms with E-state index in [1.165, 1.54) is 0 Å². The maximum Gasteiger partial charge on any atom is 0.344 e. The maximum absolute atomic E-state index is 11.4. The van der Waals surface area contributed by atoms with Gasteiger partial charge >= 0.3 is 10.9 Å². The van der Waals surface area contributed by atoms with Crippen LogP contribution in [0.5, 0.6) is 0 Å². The van der Waals surface area contributed by atoms with Crippen LogP contribution in [0, 0.1) is 20.2 Å². The third-order valence-electron chi connectivity index (χ3n) is 2.97. The highest BCUT2D eigenvalue weighted by Crippen LogP contribution is 2.19. The molecule has 0 aromatic heterocycles. The van der Waals surface area contributed by atoms with Gasteiger partial charge in [-0.15, -0.1) is 0 Å². The van der Waals surface area contributed by atoms with Crippen LogP contribution in [0.1, 0.15) is 0 Å². The molecular formula is C16H13ClN4O4. The van der Waals surface area contributed by atoms with Gasteiger partial charge in [-0.05, 0) is 35.9 Å². The van der Waals surface area contributed by atoms with E-state index in [2.05, 4.69) is 10.6 Å². The molecule has 9 heteroatoms. The molecule has 0 aliphatic carbocycles. The highest BCUT2D eigenvalue weighted by molar-refractivity contribution is 6.28. The summed E-state index contributed by atoms with van der Waals surface area (Å²) in [4.78, 5) is 20.5. The lowest BCUT2D eigenvalue weighted by Crippen LogP contribution is -2.16. The van der Waals surface area contributed by atoms with Crippen molar-refractivity contribution in [2.45, 2.75) is 0 Å². The van der Waals surface area contributed by atoms with E-state index in [1.807, 2.05) is 0 Å². The standard InChI is InChI=1S/C16H13ClN4O4/c17-15(21(24)25)11-14(20(22)23)16(18-12-7-3-1-4-8-12)19-13-9-5-2-6-10-13/h1-11,18-19H. The van der Waals surface area contributed by atoms with Crippen LogP contribution in [0.4, 0.5) is 11.4 Å². The van der Waals surface area contributed by atoms with E-state index >= 15 is 0 Å². The number of nitro groups is 2. The van der Waals surface area contributed by atoms with Crippen LogP contribution >= 0.6 is 11.6 Å². The Kier molecular flexibility index (Phi) is 6.08. The number of allylic oxidation sites excluding steroid dienone is 1. The third-order valence-corrected chi connectivity index (χ3v) is 3.22. The Balaban J connectivity index is 2.50. The minimum Gasteiger partial charge on any atom is -0.336 e. The number of hydrogen-bond donors (Lipinski definition) is 2. The monoisotopic (exact) mass is 360 g/mol. The number of nitrogens with zero attached hydrogens (tertiary/aromatic N) is 2. The molecule has 0 saturated heterocycles.